The smallest absolute Gasteiger partial charge is 0.407 e. The molecule has 4 atom stereocenters. The van der Waals surface area contributed by atoms with Crippen molar-refractivity contribution in [2.75, 3.05) is 53.7 Å². The molecule has 0 unspecified atom stereocenters. The number of H-pyrrole nitrogens is 2. The Labute approximate surface area is 371 Å². The van der Waals surface area contributed by atoms with E-state index in [2.05, 4.69) is 44.9 Å². The monoisotopic (exact) mass is 876 g/mol. The second kappa shape index (κ2) is 17.6. The first-order valence-electron chi connectivity index (χ1n) is 22.8. The molecule has 2 aromatic heterocycles. The molecule has 0 radical (unpaired) electrons. The fourth-order valence-corrected chi connectivity index (χ4v) is 10.8. The molecule has 17 nitrogen and oxygen atoms in total. The van der Waals surface area contributed by atoms with E-state index in [1.54, 1.807) is 0 Å². The minimum atomic E-state index is -0.699. The van der Waals surface area contributed by atoms with Gasteiger partial charge in [0.15, 0.2) is 0 Å². The van der Waals surface area contributed by atoms with Crippen LogP contribution in [-0.2, 0) is 34.0 Å². The molecule has 17 heteroatoms. The highest BCUT2D eigenvalue weighted by Crippen LogP contribution is 2.62. The fourth-order valence-electron chi connectivity index (χ4n) is 10.8. The zero-order valence-electron chi connectivity index (χ0n) is 36.4. The van der Waals surface area contributed by atoms with Gasteiger partial charge in [-0.15, -0.1) is 0 Å². The summed E-state index contributed by atoms with van der Waals surface area (Å²) in [5, 5.41) is 5.65. The molecule has 5 fully saturated rings. The lowest BCUT2D eigenvalue weighted by Crippen LogP contribution is -2.53. The number of rotatable bonds is 10. The molecule has 5 aliphatic heterocycles. The molecule has 6 aliphatic rings. The van der Waals surface area contributed by atoms with Crippen LogP contribution in [0.2, 0.25) is 0 Å². The van der Waals surface area contributed by atoms with Crippen molar-refractivity contribution < 1.29 is 42.9 Å². The van der Waals surface area contributed by atoms with Gasteiger partial charge in [0.2, 0.25) is 11.8 Å². The lowest BCUT2D eigenvalue weighted by Gasteiger charge is -2.34. The van der Waals surface area contributed by atoms with Crippen LogP contribution in [0, 0.1) is 11.8 Å². The minimum absolute atomic E-state index is 0.0382. The maximum Gasteiger partial charge on any atom is 0.407 e. The lowest BCUT2D eigenvalue weighted by atomic mass is 9.83. The fraction of sp³-hybridized carbons (Fsp3) is 0.532. The summed E-state index contributed by atoms with van der Waals surface area (Å²) in [5.74, 6) is 2.75. The highest BCUT2D eigenvalue weighted by Gasteiger charge is 2.52. The van der Waals surface area contributed by atoms with Crippen molar-refractivity contribution in [3.63, 3.8) is 0 Å². The van der Waals surface area contributed by atoms with Crippen LogP contribution in [0.3, 0.4) is 0 Å². The van der Waals surface area contributed by atoms with E-state index in [0.29, 0.717) is 71.0 Å². The maximum absolute atomic E-state index is 14.1. The van der Waals surface area contributed by atoms with Gasteiger partial charge in [0.05, 0.1) is 50.1 Å². The van der Waals surface area contributed by atoms with Crippen LogP contribution < -0.4 is 15.4 Å². The number of hydrogen-bond acceptors (Lipinski definition) is 11. The van der Waals surface area contributed by atoms with Crippen LogP contribution in [0.15, 0.2) is 48.8 Å². The van der Waals surface area contributed by atoms with E-state index in [1.165, 1.54) is 14.2 Å². The molecule has 10 rings (SSSR count). The number of nitrogens with one attached hydrogen (secondary N) is 4. The summed E-state index contributed by atoms with van der Waals surface area (Å²) in [4.78, 5) is 73.3. The Morgan fingerprint density at radius 1 is 0.672 bits per heavy atom. The third kappa shape index (κ3) is 7.86. The van der Waals surface area contributed by atoms with Crippen molar-refractivity contribution >= 4 is 24.0 Å². The van der Waals surface area contributed by atoms with E-state index < -0.39 is 24.3 Å². The third-order valence-corrected chi connectivity index (χ3v) is 14.4. The highest BCUT2D eigenvalue weighted by molar-refractivity contribution is 5.87. The topological polar surface area (TPSA) is 202 Å². The van der Waals surface area contributed by atoms with Crippen LogP contribution >= 0.6 is 0 Å². The molecule has 338 valence electrons. The molecule has 4 aromatic rings. The zero-order chi connectivity index (χ0) is 44.0. The molecule has 1 aliphatic carbocycles. The molecule has 0 bridgehead atoms. The Hall–Kier alpha value is -5.94. The minimum Gasteiger partial charge on any atom is -0.457 e. The number of ether oxygens (including phenoxy) is 5. The van der Waals surface area contributed by atoms with Crippen molar-refractivity contribution in [3.05, 3.63) is 71.6 Å². The largest absolute Gasteiger partial charge is 0.457 e. The van der Waals surface area contributed by atoms with Crippen molar-refractivity contribution in [2.45, 2.75) is 93.8 Å². The Morgan fingerprint density at radius 2 is 1.17 bits per heavy atom. The van der Waals surface area contributed by atoms with Gasteiger partial charge in [0, 0.05) is 67.2 Å². The van der Waals surface area contributed by atoms with Crippen LogP contribution in [0.1, 0.15) is 99.1 Å². The number of carbonyl (C=O) groups excluding carboxylic acids is 4. The number of methoxy groups -OCH3 is 2. The lowest BCUT2D eigenvalue weighted by molar-refractivity contribution is -0.137. The van der Waals surface area contributed by atoms with Crippen LogP contribution in [0.5, 0.6) is 11.5 Å². The molecule has 1 spiro atoms. The summed E-state index contributed by atoms with van der Waals surface area (Å²) in [7, 11) is 2.62. The van der Waals surface area contributed by atoms with E-state index >= 15 is 0 Å². The number of alkyl carbamates (subject to hydrolysis) is 2. The predicted molar refractivity (Wildman–Crippen MR) is 231 cm³/mol. The van der Waals surface area contributed by atoms with Crippen molar-refractivity contribution in [1.29, 1.82) is 0 Å². The highest BCUT2D eigenvalue weighted by atomic mass is 16.5. The Kier molecular flexibility index (Phi) is 11.5. The Morgan fingerprint density at radius 3 is 1.67 bits per heavy atom. The van der Waals surface area contributed by atoms with Gasteiger partial charge in [-0.25, -0.2) is 19.6 Å². The average Bonchev–Trinajstić information content (AvgIpc) is 3.90. The van der Waals surface area contributed by atoms with Gasteiger partial charge in [-0.2, -0.15) is 0 Å². The zero-order valence-corrected chi connectivity index (χ0v) is 36.4. The van der Waals surface area contributed by atoms with E-state index in [0.717, 1.165) is 89.5 Å². The summed E-state index contributed by atoms with van der Waals surface area (Å²) in [5.41, 5.74) is 5.74. The van der Waals surface area contributed by atoms with Gasteiger partial charge < -0.3 is 54.1 Å². The third-order valence-electron chi connectivity index (χ3n) is 14.4. The normalized spacial score (nSPS) is 22.5. The molecule has 4 N–H and O–H groups in total. The Balaban J connectivity index is 0.847. The number of benzene rings is 2. The quantitative estimate of drug-likeness (QED) is 0.140. The van der Waals surface area contributed by atoms with Crippen LogP contribution in [0.4, 0.5) is 9.59 Å². The first-order valence-corrected chi connectivity index (χ1v) is 22.8. The molecule has 7 heterocycles. The van der Waals surface area contributed by atoms with Crippen LogP contribution in [0.25, 0.3) is 22.5 Å². The average molecular weight is 877 g/mol. The van der Waals surface area contributed by atoms with E-state index in [1.807, 2.05) is 34.3 Å². The van der Waals surface area contributed by atoms with Crippen molar-refractivity contribution in [2.24, 2.45) is 11.8 Å². The number of hydrogen-bond donors (Lipinski definition) is 4. The van der Waals surface area contributed by atoms with E-state index in [4.69, 9.17) is 33.7 Å². The standard InChI is InChI=1S/C47H56N8O9/c1-60-45(58)52-39(27-11-19-62-20-12-27)43(56)54-17-3-5-35(54)41-48-25-33(50-41)29-8-10-37-32(23-29)47(15-16-47)31-9-7-30(24-38(31)64-37)34-26-49-42(51-34)36-6-4-18-55(36)44(57)40(53-46(59)61-2)28-13-21-63-22-14-28/h7-10,23-28,35-36,39-40H,3-6,11-22H2,1-2H3,(H,48,50)(H,49,51)(H,52,58)(H,53,59)/t35-,36-,39-,40-/m0/s1. The number of likely N-dealkylation sites (tertiary alicyclic amines) is 2. The van der Waals surface area contributed by atoms with E-state index in [-0.39, 0.29) is 41.1 Å². The van der Waals surface area contributed by atoms with Gasteiger partial charge in [0.1, 0.15) is 35.2 Å². The summed E-state index contributed by atoms with van der Waals surface area (Å²) in [6, 6.07) is 10.7. The molecule has 4 amide bonds. The Bertz CT molecular complexity index is 2400. The summed E-state index contributed by atoms with van der Waals surface area (Å²) < 4.78 is 27.5. The van der Waals surface area contributed by atoms with Crippen molar-refractivity contribution in [1.82, 2.24) is 40.4 Å². The number of fused-ring (bicyclic) bond motifs is 4. The maximum atomic E-state index is 14.1. The second-order valence-corrected chi connectivity index (χ2v) is 18.0. The van der Waals surface area contributed by atoms with Gasteiger partial charge >= 0.3 is 12.2 Å². The summed E-state index contributed by atoms with van der Waals surface area (Å²) >= 11 is 0. The second-order valence-electron chi connectivity index (χ2n) is 18.0. The predicted octanol–water partition coefficient (Wildman–Crippen LogP) is 6.28. The number of aromatic nitrogens is 4. The molecule has 4 saturated heterocycles. The molecular weight excluding hydrogens is 821 g/mol. The SMILES string of the molecule is COC(=O)N[C@H](C(=O)N1CCC[C@H]1c1ncc(-c2ccc3c(c2)Oc2ccc(-c4cnc([C@@H]5CCCN5C(=O)[C@@H](NC(=O)OC)C5CCOCC5)[nH]4)cc2C32CC2)[nH]1)C1CCOCC1. The van der Waals surface area contributed by atoms with E-state index in [9.17, 15) is 19.2 Å². The first kappa shape index (κ1) is 42.0. The number of carbonyl (C=O) groups is 4. The summed E-state index contributed by atoms with van der Waals surface area (Å²) in [6.07, 6.45) is 10.4. The molecule has 1 saturated carbocycles. The number of imidazole rings is 2. The van der Waals surface area contributed by atoms with Gasteiger partial charge in [-0.3, -0.25) is 9.59 Å². The number of nitrogens with zero attached hydrogens (tertiary/aromatic N) is 4. The number of amides is 4. The molecular formula is C47H56N8O9. The van der Waals surface area contributed by atoms with Crippen molar-refractivity contribution in [3.8, 4) is 34.0 Å². The molecule has 64 heavy (non-hydrogen) atoms. The first-order chi connectivity index (χ1) is 31.2. The van der Waals surface area contributed by atoms with Gasteiger partial charge in [0.25, 0.3) is 0 Å². The van der Waals surface area contributed by atoms with Crippen LogP contribution in [-0.4, -0.2) is 120 Å². The van der Waals surface area contributed by atoms with Gasteiger partial charge in [-0.1, -0.05) is 12.1 Å². The molecule has 2 aromatic carbocycles. The van der Waals surface area contributed by atoms with Gasteiger partial charge in [-0.05, 0) is 100 Å². The summed E-state index contributed by atoms with van der Waals surface area (Å²) in [6.45, 7) is 3.37. The number of aromatic amines is 2.